The average Bonchev–Trinajstić information content (AvgIpc) is 3.15. The Hall–Kier alpha value is -2.38. The summed E-state index contributed by atoms with van der Waals surface area (Å²) in [6.45, 7) is 0.352. The molecule has 1 amide bonds. The smallest absolute Gasteiger partial charge is 0.356 e. The van der Waals surface area contributed by atoms with Crippen LogP contribution >= 0.6 is 11.6 Å². The molecule has 1 aliphatic heterocycles. The predicted molar refractivity (Wildman–Crippen MR) is 85.7 cm³/mol. The minimum absolute atomic E-state index is 0.0793. The summed E-state index contributed by atoms with van der Waals surface area (Å²) in [5.41, 5.74) is 0.697. The van der Waals surface area contributed by atoms with Gasteiger partial charge in [0.2, 0.25) is 5.91 Å². The third-order valence-corrected chi connectivity index (χ3v) is 4.31. The van der Waals surface area contributed by atoms with E-state index in [9.17, 15) is 14.7 Å². The van der Waals surface area contributed by atoms with Crippen molar-refractivity contribution in [2.75, 3.05) is 6.54 Å². The van der Waals surface area contributed by atoms with Crippen molar-refractivity contribution < 1.29 is 19.8 Å². The molecule has 0 bridgehead atoms. The van der Waals surface area contributed by atoms with Crippen molar-refractivity contribution >= 4 is 23.5 Å². The lowest BCUT2D eigenvalue weighted by molar-refractivity contribution is -0.133. The van der Waals surface area contributed by atoms with E-state index in [2.05, 4.69) is 5.10 Å². The second-order valence-electron chi connectivity index (χ2n) is 5.64. The summed E-state index contributed by atoms with van der Waals surface area (Å²) in [5, 5.41) is 23.5. The highest BCUT2D eigenvalue weighted by Crippen LogP contribution is 2.33. The molecule has 1 fully saturated rings. The number of aromatic nitrogens is 2. The monoisotopic (exact) mass is 349 g/mol. The number of carboxylic acid groups (broad SMARTS) is 1. The molecule has 2 aromatic rings. The zero-order chi connectivity index (χ0) is 17.3. The largest absolute Gasteiger partial charge is 0.476 e. The van der Waals surface area contributed by atoms with Gasteiger partial charge in [0.1, 0.15) is 6.54 Å². The van der Waals surface area contributed by atoms with Gasteiger partial charge in [0, 0.05) is 17.8 Å². The van der Waals surface area contributed by atoms with Crippen LogP contribution in [0.5, 0.6) is 0 Å². The Morgan fingerprint density at radius 3 is 2.58 bits per heavy atom. The highest BCUT2D eigenvalue weighted by atomic mass is 35.5. The maximum atomic E-state index is 12.6. The fraction of sp³-hybridized carbons (Fsp3) is 0.312. The molecule has 2 N–H and O–H groups in total. The van der Waals surface area contributed by atoms with E-state index in [0.29, 0.717) is 18.0 Å². The summed E-state index contributed by atoms with van der Waals surface area (Å²) >= 11 is 5.89. The Bertz CT molecular complexity index is 759. The fourth-order valence-electron chi connectivity index (χ4n) is 2.91. The van der Waals surface area contributed by atoms with E-state index < -0.39 is 18.1 Å². The van der Waals surface area contributed by atoms with Crippen LogP contribution in [0.2, 0.25) is 5.02 Å². The number of benzene rings is 1. The van der Waals surface area contributed by atoms with Gasteiger partial charge in [-0.05, 0) is 30.2 Å². The molecule has 0 unspecified atom stereocenters. The molecule has 0 aliphatic carbocycles. The summed E-state index contributed by atoms with van der Waals surface area (Å²) in [4.78, 5) is 25.0. The van der Waals surface area contributed by atoms with E-state index in [4.69, 9.17) is 16.7 Å². The predicted octanol–water partition coefficient (Wildman–Crippen LogP) is 1.57. The number of likely N-dealkylation sites (tertiary alicyclic amines) is 1. The summed E-state index contributed by atoms with van der Waals surface area (Å²) in [6.07, 6.45) is 1.28. The van der Waals surface area contributed by atoms with E-state index >= 15 is 0 Å². The first-order valence-corrected chi connectivity index (χ1v) is 7.83. The van der Waals surface area contributed by atoms with E-state index in [1.807, 2.05) is 0 Å². The molecular formula is C16H16ClN3O4. The number of aliphatic hydroxyl groups is 1. The molecular weight excluding hydrogens is 334 g/mol. The molecule has 2 atom stereocenters. The number of rotatable bonds is 4. The number of hydrogen-bond donors (Lipinski definition) is 2. The Kier molecular flexibility index (Phi) is 4.55. The number of hydrogen-bond acceptors (Lipinski definition) is 4. The van der Waals surface area contributed by atoms with Crippen LogP contribution in [-0.4, -0.2) is 49.4 Å². The van der Waals surface area contributed by atoms with Crippen LogP contribution in [-0.2, 0) is 11.3 Å². The van der Waals surface area contributed by atoms with Crippen LogP contribution in [0.25, 0.3) is 0 Å². The van der Waals surface area contributed by atoms with Crippen molar-refractivity contribution in [3.05, 3.63) is 52.8 Å². The number of carbonyl (C=O) groups is 2. The molecule has 0 radical (unpaired) electrons. The van der Waals surface area contributed by atoms with Gasteiger partial charge < -0.3 is 15.1 Å². The Balaban J connectivity index is 1.77. The van der Waals surface area contributed by atoms with E-state index in [1.165, 1.54) is 16.9 Å². The Labute approximate surface area is 143 Å². The number of nitrogens with zero attached hydrogens (tertiary/aromatic N) is 3. The first-order chi connectivity index (χ1) is 11.5. The summed E-state index contributed by atoms with van der Waals surface area (Å²) < 4.78 is 1.29. The molecule has 7 nitrogen and oxygen atoms in total. The number of aromatic carboxylic acids is 1. The lowest BCUT2D eigenvalue weighted by Gasteiger charge is -2.26. The molecule has 1 aromatic heterocycles. The van der Waals surface area contributed by atoms with Gasteiger partial charge in [0.05, 0.1) is 12.1 Å². The molecule has 1 aromatic carbocycles. The zero-order valence-corrected chi connectivity index (χ0v) is 13.4. The average molecular weight is 350 g/mol. The third-order valence-electron chi connectivity index (χ3n) is 4.05. The molecule has 0 spiro atoms. The van der Waals surface area contributed by atoms with Gasteiger partial charge in [-0.3, -0.25) is 9.48 Å². The number of carbonyl (C=O) groups excluding carboxylic acids is 1. The van der Waals surface area contributed by atoms with E-state index in [1.54, 1.807) is 29.2 Å². The lowest BCUT2D eigenvalue weighted by atomic mass is 10.0. The normalized spacial score (nSPS) is 20.3. The van der Waals surface area contributed by atoms with Gasteiger partial charge in [-0.25, -0.2) is 4.79 Å². The molecule has 8 heteroatoms. The summed E-state index contributed by atoms with van der Waals surface area (Å²) in [6, 6.07) is 7.92. The van der Waals surface area contributed by atoms with Crippen molar-refractivity contribution in [2.24, 2.45) is 0 Å². The number of carboxylic acids is 1. The van der Waals surface area contributed by atoms with Gasteiger partial charge in [-0.15, -0.1) is 0 Å². The van der Waals surface area contributed by atoms with E-state index in [0.717, 1.165) is 5.56 Å². The van der Waals surface area contributed by atoms with Crippen molar-refractivity contribution in [1.29, 1.82) is 0 Å². The van der Waals surface area contributed by atoms with Gasteiger partial charge in [0.15, 0.2) is 5.69 Å². The van der Waals surface area contributed by atoms with Gasteiger partial charge in [-0.1, -0.05) is 23.7 Å². The molecule has 0 saturated carbocycles. The quantitative estimate of drug-likeness (QED) is 0.873. The maximum Gasteiger partial charge on any atom is 0.356 e. The van der Waals surface area contributed by atoms with Crippen molar-refractivity contribution in [1.82, 2.24) is 14.7 Å². The summed E-state index contributed by atoms with van der Waals surface area (Å²) in [5.74, 6) is -1.37. The first-order valence-electron chi connectivity index (χ1n) is 7.45. The first kappa shape index (κ1) is 16.5. The van der Waals surface area contributed by atoms with Crippen LogP contribution in [0, 0.1) is 0 Å². The van der Waals surface area contributed by atoms with Crippen molar-refractivity contribution in [2.45, 2.75) is 25.1 Å². The molecule has 24 heavy (non-hydrogen) atoms. The SMILES string of the molecule is O=C(O)c1ccn(CC(=O)N2CC[C@@H](O)[C@H]2c2ccc(Cl)cc2)n1. The summed E-state index contributed by atoms with van der Waals surface area (Å²) in [7, 11) is 0. The van der Waals surface area contributed by atoms with Crippen LogP contribution < -0.4 is 0 Å². The van der Waals surface area contributed by atoms with E-state index in [-0.39, 0.29) is 18.1 Å². The van der Waals surface area contributed by atoms with Crippen LogP contribution in [0.15, 0.2) is 36.5 Å². The lowest BCUT2D eigenvalue weighted by Crippen LogP contribution is -2.35. The number of amides is 1. The minimum Gasteiger partial charge on any atom is -0.476 e. The highest BCUT2D eigenvalue weighted by Gasteiger charge is 2.37. The standard InChI is InChI=1S/C16H16ClN3O4/c17-11-3-1-10(2-4-11)15-13(21)6-8-20(15)14(22)9-19-7-5-12(18-19)16(23)24/h1-5,7,13,15,21H,6,8-9H2,(H,23,24)/t13-,15-/m1/s1. The molecule has 1 saturated heterocycles. The Morgan fingerprint density at radius 1 is 1.25 bits per heavy atom. The molecule has 126 valence electrons. The Morgan fingerprint density at radius 2 is 1.96 bits per heavy atom. The second kappa shape index (κ2) is 6.62. The van der Waals surface area contributed by atoms with Crippen LogP contribution in [0.1, 0.15) is 28.5 Å². The van der Waals surface area contributed by atoms with Crippen molar-refractivity contribution in [3.8, 4) is 0 Å². The van der Waals surface area contributed by atoms with Crippen LogP contribution in [0.3, 0.4) is 0 Å². The van der Waals surface area contributed by atoms with Crippen LogP contribution in [0.4, 0.5) is 0 Å². The number of halogens is 1. The minimum atomic E-state index is -1.14. The van der Waals surface area contributed by atoms with Gasteiger partial charge in [-0.2, -0.15) is 5.10 Å². The van der Waals surface area contributed by atoms with Crippen molar-refractivity contribution in [3.63, 3.8) is 0 Å². The van der Waals surface area contributed by atoms with Gasteiger partial charge in [0.25, 0.3) is 0 Å². The molecule has 2 heterocycles. The molecule has 1 aliphatic rings. The fourth-order valence-corrected chi connectivity index (χ4v) is 3.04. The molecule has 3 rings (SSSR count). The van der Waals surface area contributed by atoms with Gasteiger partial charge >= 0.3 is 5.97 Å². The number of aliphatic hydroxyl groups excluding tert-OH is 1. The third kappa shape index (κ3) is 3.27. The highest BCUT2D eigenvalue weighted by molar-refractivity contribution is 6.30. The maximum absolute atomic E-state index is 12.6. The second-order valence-corrected chi connectivity index (χ2v) is 6.08. The topological polar surface area (TPSA) is 95.7 Å². The zero-order valence-electron chi connectivity index (χ0n) is 12.7.